The number of benzene rings is 1. The molecule has 0 N–H and O–H groups in total. The van der Waals surface area contributed by atoms with Crippen LogP contribution in [0.4, 0.5) is 0 Å². The van der Waals surface area contributed by atoms with Crippen molar-refractivity contribution < 1.29 is 4.79 Å². The molecule has 1 aliphatic rings. The zero-order valence-corrected chi connectivity index (χ0v) is 13.8. The predicted octanol–water partition coefficient (Wildman–Crippen LogP) is 4.58. The van der Waals surface area contributed by atoms with Gasteiger partial charge in [-0.05, 0) is 59.8 Å². The quantitative estimate of drug-likeness (QED) is 0.703. The predicted molar refractivity (Wildman–Crippen MR) is 83.1 cm³/mol. The van der Waals surface area contributed by atoms with Crippen molar-refractivity contribution in [2.45, 2.75) is 25.1 Å². The number of halogens is 3. The third-order valence-corrected chi connectivity index (χ3v) is 5.21. The summed E-state index contributed by atoms with van der Waals surface area (Å²) in [6.07, 6.45) is 1.95. The molecule has 1 aliphatic heterocycles. The summed E-state index contributed by atoms with van der Waals surface area (Å²) in [6, 6.07) is 5.29. The van der Waals surface area contributed by atoms with Crippen molar-refractivity contribution in [2.75, 3.05) is 13.1 Å². The Kier molecular flexibility index (Phi) is 5.15. The summed E-state index contributed by atoms with van der Waals surface area (Å²) >= 11 is 15.4. The molecular formula is C14H16BrCl2NO. The normalized spacial score (nSPS) is 18.4. The van der Waals surface area contributed by atoms with Gasteiger partial charge in [-0.1, -0.05) is 11.6 Å². The van der Waals surface area contributed by atoms with Crippen LogP contribution < -0.4 is 0 Å². The number of piperidine rings is 1. The number of likely N-dealkylation sites (tertiary alicyclic amines) is 1. The van der Waals surface area contributed by atoms with Gasteiger partial charge in [0.2, 0.25) is 0 Å². The minimum absolute atomic E-state index is 0.0676. The second kappa shape index (κ2) is 6.47. The summed E-state index contributed by atoms with van der Waals surface area (Å²) in [5, 5.41) is 0.799. The van der Waals surface area contributed by atoms with Gasteiger partial charge in [0, 0.05) is 28.5 Å². The highest BCUT2D eigenvalue weighted by Crippen LogP contribution is 2.27. The van der Waals surface area contributed by atoms with Crippen LogP contribution in [0.2, 0.25) is 5.02 Å². The van der Waals surface area contributed by atoms with Crippen LogP contribution in [0.5, 0.6) is 0 Å². The third-order valence-electron chi connectivity index (χ3n) is 3.64. The zero-order chi connectivity index (χ0) is 14.0. The van der Waals surface area contributed by atoms with E-state index in [9.17, 15) is 4.79 Å². The van der Waals surface area contributed by atoms with Gasteiger partial charge in [-0.3, -0.25) is 4.79 Å². The summed E-state index contributed by atoms with van der Waals surface area (Å²) in [7, 11) is 0. The first kappa shape index (κ1) is 15.1. The van der Waals surface area contributed by atoms with Crippen molar-refractivity contribution in [3.63, 3.8) is 0 Å². The van der Waals surface area contributed by atoms with Crippen LogP contribution in [0.1, 0.15) is 30.1 Å². The van der Waals surface area contributed by atoms with E-state index in [2.05, 4.69) is 15.9 Å². The van der Waals surface area contributed by atoms with Crippen molar-refractivity contribution in [3.8, 4) is 0 Å². The molecule has 1 amide bonds. The van der Waals surface area contributed by atoms with Gasteiger partial charge in [0.15, 0.2) is 0 Å². The topological polar surface area (TPSA) is 20.3 Å². The molecular weight excluding hydrogens is 349 g/mol. The molecule has 0 aliphatic carbocycles. The summed E-state index contributed by atoms with van der Waals surface area (Å²) in [5.41, 5.74) is 0.675. The number of carbonyl (C=O) groups is 1. The molecule has 1 aromatic rings. The number of carbonyl (C=O) groups excluding carboxylic acids is 1. The van der Waals surface area contributed by atoms with E-state index in [1.807, 2.05) is 11.8 Å². The van der Waals surface area contributed by atoms with Gasteiger partial charge >= 0.3 is 0 Å². The van der Waals surface area contributed by atoms with E-state index < -0.39 is 0 Å². The lowest BCUT2D eigenvalue weighted by Gasteiger charge is -2.33. The number of amides is 1. The second-order valence-corrected chi connectivity index (χ2v) is 6.89. The maximum absolute atomic E-state index is 12.4. The van der Waals surface area contributed by atoms with Crippen LogP contribution in [0, 0.1) is 5.92 Å². The Bertz CT molecular complexity index is 471. The van der Waals surface area contributed by atoms with Gasteiger partial charge in [0.1, 0.15) is 0 Å². The Hall–Kier alpha value is -0.250. The molecule has 2 rings (SSSR count). The Labute approximate surface area is 132 Å². The first-order valence-electron chi connectivity index (χ1n) is 6.37. The fraction of sp³-hybridized carbons (Fsp3) is 0.500. The standard InChI is InChI=1S/C14H16BrCl2NO/c1-9(16)10-4-6-18(7-5-10)14(19)11-2-3-13(17)12(15)8-11/h2-3,8-10H,4-7H2,1H3. The Morgan fingerprint density at radius 1 is 1.42 bits per heavy atom. The minimum Gasteiger partial charge on any atom is -0.339 e. The summed E-state index contributed by atoms with van der Waals surface area (Å²) in [6.45, 7) is 3.58. The lowest BCUT2D eigenvalue weighted by atomic mass is 9.93. The molecule has 2 nitrogen and oxygen atoms in total. The molecule has 104 valence electrons. The van der Waals surface area contributed by atoms with Crippen molar-refractivity contribution in [2.24, 2.45) is 5.92 Å². The maximum atomic E-state index is 12.4. The summed E-state index contributed by atoms with van der Waals surface area (Å²) < 4.78 is 0.754. The van der Waals surface area contributed by atoms with Crippen LogP contribution in [0.25, 0.3) is 0 Å². The van der Waals surface area contributed by atoms with E-state index in [1.54, 1.807) is 18.2 Å². The van der Waals surface area contributed by atoms with Crippen LogP contribution in [0.15, 0.2) is 22.7 Å². The molecule has 1 heterocycles. The highest BCUT2D eigenvalue weighted by atomic mass is 79.9. The maximum Gasteiger partial charge on any atom is 0.253 e. The van der Waals surface area contributed by atoms with E-state index in [0.717, 1.165) is 30.4 Å². The second-order valence-electron chi connectivity index (χ2n) is 4.94. The molecule has 0 spiro atoms. The molecule has 1 saturated heterocycles. The van der Waals surface area contributed by atoms with E-state index in [4.69, 9.17) is 23.2 Å². The van der Waals surface area contributed by atoms with Gasteiger partial charge in [-0.25, -0.2) is 0 Å². The number of rotatable bonds is 2. The monoisotopic (exact) mass is 363 g/mol. The van der Waals surface area contributed by atoms with E-state index in [-0.39, 0.29) is 11.3 Å². The molecule has 5 heteroatoms. The fourth-order valence-corrected chi connectivity index (χ4v) is 3.12. The van der Waals surface area contributed by atoms with E-state index >= 15 is 0 Å². The highest BCUT2D eigenvalue weighted by Gasteiger charge is 2.26. The van der Waals surface area contributed by atoms with Crippen LogP contribution in [0.3, 0.4) is 0 Å². The average molecular weight is 365 g/mol. The number of hydrogen-bond donors (Lipinski definition) is 0. The molecule has 1 atom stereocenters. The fourth-order valence-electron chi connectivity index (χ4n) is 2.37. The first-order valence-corrected chi connectivity index (χ1v) is 7.98. The van der Waals surface area contributed by atoms with Crippen molar-refractivity contribution in [1.82, 2.24) is 4.90 Å². The van der Waals surface area contributed by atoms with Crippen LogP contribution in [-0.4, -0.2) is 29.3 Å². The summed E-state index contributed by atoms with van der Waals surface area (Å²) in [4.78, 5) is 14.3. The van der Waals surface area contributed by atoms with E-state index in [1.165, 1.54) is 0 Å². The summed E-state index contributed by atoms with van der Waals surface area (Å²) in [5.74, 6) is 0.584. The zero-order valence-electron chi connectivity index (χ0n) is 10.7. The van der Waals surface area contributed by atoms with Crippen LogP contribution in [-0.2, 0) is 0 Å². The average Bonchev–Trinajstić information content (AvgIpc) is 2.41. The first-order chi connectivity index (χ1) is 8.99. The van der Waals surface area contributed by atoms with Gasteiger partial charge < -0.3 is 4.90 Å². The molecule has 0 bridgehead atoms. The molecule has 1 unspecified atom stereocenters. The Balaban J connectivity index is 2.03. The lowest BCUT2D eigenvalue weighted by Crippen LogP contribution is -2.40. The van der Waals surface area contributed by atoms with Gasteiger partial charge in [-0.2, -0.15) is 0 Å². The third kappa shape index (κ3) is 3.65. The largest absolute Gasteiger partial charge is 0.339 e. The molecule has 1 aromatic carbocycles. The van der Waals surface area contributed by atoms with E-state index in [0.29, 0.717) is 16.5 Å². The van der Waals surface area contributed by atoms with Crippen molar-refractivity contribution in [3.05, 3.63) is 33.3 Å². The lowest BCUT2D eigenvalue weighted by molar-refractivity contribution is 0.0690. The minimum atomic E-state index is 0.0676. The smallest absolute Gasteiger partial charge is 0.253 e. The van der Waals surface area contributed by atoms with Crippen molar-refractivity contribution >= 4 is 45.0 Å². The van der Waals surface area contributed by atoms with Crippen molar-refractivity contribution in [1.29, 1.82) is 0 Å². The van der Waals surface area contributed by atoms with Crippen LogP contribution >= 0.6 is 39.1 Å². The molecule has 0 radical (unpaired) electrons. The number of alkyl halides is 1. The van der Waals surface area contributed by atoms with Gasteiger partial charge in [0.25, 0.3) is 5.91 Å². The van der Waals surface area contributed by atoms with Gasteiger partial charge in [-0.15, -0.1) is 11.6 Å². The Morgan fingerprint density at radius 3 is 2.58 bits per heavy atom. The number of hydrogen-bond acceptors (Lipinski definition) is 1. The molecule has 1 fully saturated rings. The highest BCUT2D eigenvalue weighted by molar-refractivity contribution is 9.10. The Morgan fingerprint density at radius 2 is 2.05 bits per heavy atom. The molecule has 0 aromatic heterocycles. The number of nitrogens with zero attached hydrogens (tertiary/aromatic N) is 1. The molecule has 0 saturated carbocycles. The molecule has 19 heavy (non-hydrogen) atoms. The van der Waals surface area contributed by atoms with Gasteiger partial charge in [0.05, 0.1) is 5.02 Å². The SMILES string of the molecule is CC(Cl)C1CCN(C(=O)c2ccc(Cl)c(Br)c2)CC1.